The minimum atomic E-state index is -0.784. The predicted molar refractivity (Wildman–Crippen MR) is 114 cm³/mol. The first-order chi connectivity index (χ1) is 14.9. The number of hydrogen-bond donors (Lipinski definition) is 4. The summed E-state index contributed by atoms with van der Waals surface area (Å²) in [5.74, 6) is -0.503. The second-order valence-electron chi connectivity index (χ2n) is 8.06. The number of hydrogen-bond acceptors (Lipinski definition) is 6. The number of benzene rings is 2. The molecule has 1 saturated heterocycles. The van der Waals surface area contributed by atoms with Crippen molar-refractivity contribution < 1.29 is 24.5 Å². The highest BCUT2D eigenvalue weighted by Crippen LogP contribution is 2.24. The standard InChI is InChI=1S/C23H27N3O5/c24-22(29)19-4-2-15(23(30)26-5-7-31-8-6-26)9-16(19)12-21(28)20-11-14-1-3-18(27)10-17(14)13-25-20/h1-4,9-10,20-21,25,27-28H,5-8,11-13H2,(H2,24,29)/t20-,21+/m0/s1. The molecule has 2 aliphatic rings. The number of carbonyl (C=O) groups excluding carboxylic acids is 2. The van der Waals surface area contributed by atoms with Crippen LogP contribution < -0.4 is 11.1 Å². The Morgan fingerprint density at radius 1 is 1.16 bits per heavy atom. The highest BCUT2D eigenvalue weighted by atomic mass is 16.5. The third-order valence-electron chi connectivity index (χ3n) is 5.99. The van der Waals surface area contributed by atoms with Gasteiger partial charge in [0, 0.05) is 43.2 Å². The van der Waals surface area contributed by atoms with Crippen LogP contribution in [0.15, 0.2) is 36.4 Å². The van der Waals surface area contributed by atoms with Crippen LogP contribution in [0.4, 0.5) is 0 Å². The molecule has 0 aliphatic carbocycles. The summed E-state index contributed by atoms with van der Waals surface area (Å²) in [6.07, 6.45) is -0.00310. The molecule has 2 atom stereocenters. The topological polar surface area (TPSA) is 125 Å². The second kappa shape index (κ2) is 9.05. The molecule has 0 unspecified atom stereocenters. The molecule has 2 heterocycles. The van der Waals surface area contributed by atoms with Crippen molar-refractivity contribution in [2.75, 3.05) is 26.3 Å². The van der Waals surface area contributed by atoms with Crippen molar-refractivity contribution >= 4 is 11.8 Å². The summed E-state index contributed by atoms with van der Waals surface area (Å²) in [4.78, 5) is 26.5. The van der Waals surface area contributed by atoms with Crippen LogP contribution in [0.5, 0.6) is 5.75 Å². The number of aliphatic hydroxyl groups is 1. The van der Waals surface area contributed by atoms with Crippen molar-refractivity contribution in [1.29, 1.82) is 0 Å². The summed E-state index contributed by atoms with van der Waals surface area (Å²) in [5, 5.41) is 23.9. The van der Waals surface area contributed by atoms with E-state index in [2.05, 4.69) is 5.32 Å². The minimum absolute atomic E-state index is 0.125. The number of ether oxygens (including phenoxy) is 1. The molecule has 2 aromatic rings. The zero-order valence-corrected chi connectivity index (χ0v) is 17.2. The van der Waals surface area contributed by atoms with Crippen molar-refractivity contribution in [3.63, 3.8) is 0 Å². The highest BCUT2D eigenvalue weighted by molar-refractivity contribution is 5.98. The first-order valence-corrected chi connectivity index (χ1v) is 10.4. The fourth-order valence-corrected chi connectivity index (χ4v) is 4.25. The number of nitrogens with one attached hydrogen (secondary N) is 1. The van der Waals surface area contributed by atoms with Gasteiger partial charge in [0.05, 0.1) is 19.3 Å². The third kappa shape index (κ3) is 4.71. The molecule has 0 bridgehead atoms. The fraction of sp³-hybridized carbons (Fsp3) is 0.391. The number of aliphatic hydroxyl groups excluding tert-OH is 1. The Balaban J connectivity index is 1.52. The molecule has 2 amide bonds. The molecule has 8 heteroatoms. The van der Waals surface area contributed by atoms with Gasteiger partial charge in [-0.2, -0.15) is 0 Å². The fourth-order valence-electron chi connectivity index (χ4n) is 4.25. The van der Waals surface area contributed by atoms with Gasteiger partial charge >= 0.3 is 0 Å². The van der Waals surface area contributed by atoms with Gasteiger partial charge < -0.3 is 30.9 Å². The van der Waals surface area contributed by atoms with Crippen LogP contribution >= 0.6 is 0 Å². The van der Waals surface area contributed by atoms with Crippen LogP contribution in [0.25, 0.3) is 0 Å². The van der Waals surface area contributed by atoms with Gasteiger partial charge in [-0.05, 0) is 53.4 Å². The maximum atomic E-state index is 12.8. The van der Waals surface area contributed by atoms with Gasteiger partial charge in [-0.25, -0.2) is 0 Å². The average molecular weight is 425 g/mol. The largest absolute Gasteiger partial charge is 0.508 e. The summed E-state index contributed by atoms with van der Waals surface area (Å²) in [6, 6.07) is 9.82. The molecule has 8 nitrogen and oxygen atoms in total. The molecule has 0 saturated carbocycles. The smallest absolute Gasteiger partial charge is 0.254 e. The van der Waals surface area contributed by atoms with Gasteiger partial charge in [0.25, 0.3) is 5.91 Å². The number of rotatable bonds is 5. The Kier molecular flexibility index (Phi) is 6.22. The van der Waals surface area contributed by atoms with Crippen LogP contribution in [-0.4, -0.2) is 65.4 Å². The van der Waals surface area contributed by atoms with Crippen molar-refractivity contribution in [3.8, 4) is 5.75 Å². The Morgan fingerprint density at radius 3 is 2.68 bits per heavy atom. The normalized spacial score (nSPS) is 19.5. The van der Waals surface area contributed by atoms with E-state index >= 15 is 0 Å². The van der Waals surface area contributed by atoms with Crippen molar-refractivity contribution in [1.82, 2.24) is 10.2 Å². The van der Waals surface area contributed by atoms with Crippen LogP contribution in [0.1, 0.15) is 37.4 Å². The number of nitrogens with zero attached hydrogens (tertiary/aromatic N) is 1. The van der Waals surface area contributed by atoms with E-state index in [1.54, 1.807) is 35.2 Å². The van der Waals surface area contributed by atoms with Crippen molar-refractivity contribution in [3.05, 3.63) is 64.2 Å². The van der Waals surface area contributed by atoms with Gasteiger partial charge in [0.1, 0.15) is 5.75 Å². The molecule has 31 heavy (non-hydrogen) atoms. The van der Waals surface area contributed by atoms with Gasteiger partial charge in [0.15, 0.2) is 0 Å². The molecule has 2 aromatic carbocycles. The number of phenolic OH excluding ortho intramolecular Hbond substituents is 1. The third-order valence-corrected chi connectivity index (χ3v) is 5.99. The van der Waals surface area contributed by atoms with E-state index in [4.69, 9.17) is 10.5 Å². The zero-order valence-electron chi connectivity index (χ0n) is 17.2. The lowest BCUT2D eigenvalue weighted by Gasteiger charge is -2.30. The molecule has 1 fully saturated rings. The second-order valence-corrected chi connectivity index (χ2v) is 8.06. The predicted octanol–water partition coefficient (Wildman–Crippen LogP) is 0.581. The molecular weight excluding hydrogens is 398 g/mol. The number of nitrogens with two attached hydrogens (primary N) is 1. The minimum Gasteiger partial charge on any atom is -0.508 e. The van der Waals surface area contributed by atoms with E-state index in [0.29, 0.717) is 56.0 Å². The summed E-state index contributed by atoms with van der Waals surface area (Å²) in [6.45, 7) is 2.58. The van der Waals surface area contributed by atoms with Gasteiger partial charge in [-0.3, -0.25) is 9.59 Å². The molecule has 0 spiro atoms. The Labute approximate surface area is 180 Å². The zero-order chi connectivity index (χ0) is 22.0. The number of phenols is 1. The maximum Gasteiger partial charge on any atom is 0.254 e. The number of aromatic hydroxyl groups is 1. The Hall–Kier alpha value is -2.94. The molecule has 164 valence electrons. The maximum absolute atomic E-state index is 12.8. The van der Waals surface area contributed by atoms with E-state index in [1.165, 1.54) is 0 Å². The van der Waals surface area contributed by atoms with E-state index in [0.717, 1.165) is 11.1 Å². The van der Waals surface area contributed by atoms with Gasteiger partial charge in [0.2, 0.25) is 5.91 Å². The summed E-state index contributed by atoms with van der Waals surface area (Å²) in [5.41, 5.74) is 8.93. The van der Waals surface area contributed by atoms with E-state index in [1.807, 2.05) is 6.07 Å². The molecule has 4 rings (SSSR count). The number of primary amides is 1. The van der Waals surface area contributed by atoms with E-state index in [9.17, 15) is 19.8 Å². The number of amides is 2. The summed E-state index contributed by atoms with van der Waals surface area (Å²) < 4.78 is 5.30. The average Bonchev–Trinajstić information content (AvgIpc) is 2.78. The lowest BCUT2D eigenvalue weighted by atomic mass is 9.89. The summed E-state index contributed by atoms with van der Waals surface area (Å²) in [7, 11) is 0. The number of fused-ring (bicyclic) bond motifs is 1. The van der Waals surface area contributed by atoms with E-state index < -0.39 is 12.0 Å². The first-order valence-electron chi connectivity index (χ1n) is 10.4. The number of morpholine rings is 1. The van der Waals surface area contributed by atoms with Crippen molar-refractivity contribution in [2.45, 2.75) is 31.5 Å². The van der Waals surface area contributed by atoms with Gasteiger partial charge in [-0.15, -0.1) is 0 Å². The first kappa shape index (κ1) is 21.3. The monoisotopic (exact) mass is 425 g/mol. The number of carbonyl (C=O) groups is 2. The van der Waals surface area contributed by atoms with E-state index in [-0.39, 0.29) is 24.1 Å². The quantitative estimate of drug-likeness (QED) is 0.555. The van der Waals surface area contributed by atoms with Gasteiger partial charge in [-0.1, -0.05) is 6.07 Å². The van der Waals surface area contributed by atoms with Crippen LogP contribution in [0.3, 0.4) is 0 Å². The molecule has 2 aliphatic heterocycles. The Bertz CT molecular complexity index is 987. The lowest BCUT2D eigenvalue weighted by molar-refractivity contribution is 0.0302. The molecule has 5 N–H and O–H groups in total. The molecule has 0 radical (unpaired) electrons. The highest BCUT2D eigenvalue weighted by Gasteiger charge is 2.27. The summed E-state index contributed by atoms with van der Waals surface area (Å²) >= 11 is 0. The SMILES string of the molecule is NC(=O)c1ccc(C(=O)N2CCOCC2)cc1C[C@@H](O)[C@@H]1Cc2ccc(O)cc2CN1. The van der Waals surface area contributed by atoms with Crippen LogP contribution in [-0.2, 0) is 24.1 Å². The van der Waals surface area contributed by atoms with Crippen molar-refractivity contribution in [2.24, 2.45) is 5.73 Å². The molecule has 0 aromatic heterocycles. The van der Waals surface area contributed by atoms with Crippen LogP contribution in [0, 0.1) is 0 Å². The Morgan fingerprint density at radius 2 is 1.94 bits per heavy atom. The lowest BCUT2D eigenvalue weighted by Crippen LogP contribution is -2.45. The van der Waals surface area contributed by atoms with Crippen LogP contribution in [0.2, 0.25) is 0 Å². The molecular formula is C23H27N3O5.